The highest BCUT2D eigenvalue weighted by Gasteiger charge is 2.25. The van der Waals surface area contributed by atoms with E-state index in [9.17, 15) is 4.39 Å². The van der Waals surface area contributed by atoms with Crippen molar-refractivity contribution in [3.8, 4) is 5.75 Å². The molecule has 1 aliphatic heterocycles. The molecule has 0 radical (unpaired) electrons. The second-order valence-corrected chi connectivity index (χ2v) is 4.23. The Labute approximate surface area is 83.9 Å². The third kappa shape index (κ3) is 1.49. The Bertz CT molecular complexity index is 360. The van der Waals surface area contributed by atoms with Gasteiger partial charge in [-0.2, -0.15) is 0 Å². The van der Waals surface area contributed by atoms with Gasteiger partial charge in [0.15, 0.2) is 0 Å². The van der Waals surface area contributed by atoms with E-state index >= 15 is 0 Å². The van der Waals surface area contributed by atoms with E-state index in [-0.39, 0.29) is 11.9 Å². The third-order valence-corrected chi connectivity index (χ3v) is 2.94. The van der Waals surface area contributed by atoms with Gasteiger partial charge in [-0.15, -0.1) is 0 Å². The summed E-state index contributed by atoms with van der Waals surface area (Å²) in [6.45, 7) is 6.01. The highest BCUT2D eigenvalue weighted by atomic mass is 19.1. The van der Waals surface area contributed by atoms with Crippen LogP contribution in [0, 0.1) is 18.7 Å². The predicted octanol–water partition coefficient (Wildman–Crippen LogP) is 3.09. The first-order chi connectivity index (χ1) is 6.58. The van der Waals surface area contributed by atoms with Crippen molar-refractivity contribution in [2.24, 2.45) is 5.92 Å². The Morgan fingerprint density at radius 3 is 2.79 bits per heavy atom. The minimum Gasteiger partial charge on any atom is -0.490 e. The zero-order chi connectivity index (χ0) is 10.3. The number of fused-ring (bicyclic) bond motifs is 1. The number of hydrogen-bond donors (Lipinski definition) is 0. The molecule has 1 aromatic carbocycles. The van der Waals surface area contributed by atoms with Crippen molar-refractivity contribution in [3.63, 3.8) is 0 Å². The van der Waals surface area contributed by atoms with Gasteiger partial charge in [0.25, 0.3) is 0 Å². The molecule has 2 unspecified atom stereocenters. The second kappa shape index (κ2) is 3.26. The number of aryl methyl sites for hydroxylation is 1. The van der Waals surface area contributed by atoms with Crippen molar-refractivity contribution in [2.75, 3.05) is 0 Å². The van der Waals surface area contributed by atoms with Gasteiger partial charge in [-0.1, -0.05) is 6.92 Å². The van der Waals surface area contributed by atoms with E-state index in [1.807, 2.05) is 19.9 Å². The topological polar surface area (TPSA) is 9.23 Å². The number of halogens is 1. The fraction of sp³-hybridized carbons (Fsp3) is 0.500. The van der Waals surface area contributed by atoms with Gasteiger partial charge in [0.05, 0.1) is 6.10 Å². The summed E-state index contributed by atoms with van der Waals surface area (Å²) in [4.78, 5) is 0. The van der Waals surface area contributed by atoms with Crippen molar-refractivity contribution in [2.45, 2.75) is 33.3 Å². The molecule has 76 valence electrons. The van der Waals surface area contributed by atoms with Crippen LogP contribution in [0.4, 0.5) is 4.39 Å². The molecule has 2 atom stereocenters. The minimum atomic E-state index is -0.126. The largest absolute Gasteiger partial charge is 0.490 e. The van der Waals surface area contributed by atoms with Gasteiger partial charge in [0, 0.05) is 5.56 Å². The molecule has 0 aliphatic carbocycles. The zero-order valence-electron chi connectivity index (χ0n) is 8.80. The van der Waals surface area contributed by atoms with Gasteiger partial charge in [-0.25, -0.2) is 4.39 Å². The third-order valence-electron chi connectivity index (χ3n) is 2.94. The van der Waals surface area contributed by atoms with Crippen molar-refractivity contribution in [1.82, 2.24) is 0 Å². The quantitative estimate of drug-likeness (QED) is 0.616. The van der Waals surface area contributed by atoms with Crippen LogP contribution in [-0.4, -0.2) is 6.10 Å². The average molecular weight is 194 g/mol. The lowest BCUT2D eigenvalue weighted by molar-refractivity contribution is 0.137. The van der Waals surface area contributed by atoms with Crippen molar-refractivity contribution < 1.29 is 9.13 Å². The highest BCUT2D eigenvalue weighted by molar-refractivity contribution is 5.40. The van der Waals surface area contributed by atoms with E-state index in [2.05, 4.69) is 6.92 Å². The van der Waals surface area contributed by atoms with Crippen LogP contribution in [0.1, 0.15) is 25.0 Å². The number of rotatable bonds is 0. The van der Waals surface area contributed by atoms with Crippen LogP contribution in [0.25, 0.3) is 0 Å². The molecule has 1 heterocycles. The summed E-state index contributed by atoms with van der Waals surface area (Å²) >= 11 is 0. The van der Waals surface area contributed by atoms with Crippen LogP contribution < -0.4 is 4.74 Å². The molecule has 2 rings (SSSR count). The lowest BCUT2D eigenvalue weighted by atomic mass is 9.92. The summed E-state index contributed by atoms with van der Waals surface area (Å²) in [5, 5.41) is 0. The molecule has 0 bridgehead atoms. The summed E-state index contributed by atoms with van der Waals surface area (Å²) < 4.78 is 19.2. The molecule has 0 spiro atoms. The average Bonchev–Trinajstić information content (AvgIpc) is 2.08. The smallest absolute Gasteiger partial charge is 0.130 e. The van der Waals surface area contributed by atoms with E-state index in [0.717, 1.165) is 23.3 Å². The van der Waals surface area contributed by atoms with Gasteiger partial charge < -0.3 is 4.74 Å². The lowest BCUT2D eigenvalue weighted by Gasteiger charge is -2.29. The predicted molar refractivity (Wildman–Crippen MR) is 54.1 cm³/mol. The lowest BCUT2D eigenvalue weighted by Crippen LogP contribution is -2.28. The summed E-state index contributed by atoms with van der Waals surface area (Å²) in [5.41, 5.74) is 1.66. The van der Waals surface area contributed by atoms with Gasteiger partial charge >= 0.3 is 0 Å². The summed E-state index contributed by atoms with van der Waals surface area (Å²) in [6, 6.07) is 3.49. The normalized spacial score (nSPS) is 25.4. The standard InChI is InChI=1S/C12H15FO/c1-7-4-11(13)10-6-8(2)9(3)14-12(10)5-7/h4-5,8-9H,6H2,1-3H3. The van der Waals surface area contributed by atoms with Crippen LogP contribution in [0.3, 0.4) is 0 Å². The zero-order valence-corrected chi connectivity index (χ0v) is 8.80. The molecular formula is C12H15FO. The molecule has 0 N–H and O–H groups in total. The monoisotopic (exact) mass is 194 g/mol. The molecular weight excluding hydrogens is 179 g/mol. The van der Waals surface area contributed by atoms with Gasteiger partial charge in [-0.05, 0) is 43.9 Å². The van der Waals surface area contributed by atoms with Crippen LogP contribution >= 0.6 is 0 Å². The van der Waals surface area contributed by atoms with E-state index in [4.69, 9.17) is 4.74 Å². The second-order valence-electron chi connectivity index (χ2n) is 4.23. The maximum Gasteiger partial charge on any atom is 0.130 e. The van der Waals surface area contributed by atoms with Gasteiger partial charge in [-0.3, -0.25) is 0 Å². The fourth-order valence-corrected chi connectivity index (χ4v) is 1.85. The Kier molecular flexibility index (Phi) is 2.22. The molecule has 1 aromatic rings. The van der Waals surface area contributed by atoms with Gasteiger partial charge in [0.1, 0.15) is 11.6 Å². The first kappa shape index (κ1) is 9.50. The van der Waals surface area contributed by atoms with E-state index in [1.165, 1.54) is 0 Å². The summed E-state index contributed by atoms with van der Waals surface area (Å²) in [5.74, 6) is 0.992. The van der Waals surface area contributed by atoms with Crippen LogP contribution in [0.15, 0.2) is 12.1 Å². The van der Waals surface area contributed by atoms with E-state index in [1.54, 1.807) is 6.07 Å². The van der Waals surface area contributed by atoms with Crippen LogP contribution in [0.2, 0.25) is 0 Å². The summed E-state index contributed by atoms with van der Waals surface area (Å²) in [6.07, 6.45) is 0.964. The maximum absolute atomic E-state index is 13.6. The molecule has 0 amide bonds. The number of ether oxygens (including phenoxy) is 1. The van der Waals surface area contributed by atoms with Crippen LogP contribution in [-0.2, 0) is 6.42 Å². The van der Waals surface area contributed by atoms with E-state index in [0.29, 0.717) is 5.92 Å². The first-order valence-corrected chi connectivity index (χ1v) is 5.03. The molecule has 2 heteroatoms. The van der Waals surface area contributed by atoms with Gasteiger partial charge in [0.2, 0.25) is 0 Å². The number of hydrogen-bond acceptors (Lipinski definition) is 1. The Morgan fingerprint density at radius 1 is 1.36 bits per heavy atom. The Morgan fingerprint density at radius 2 is 2.07 bits per heavy atom. The first-order valence-electron chi connectivity index (χ1n) is 5.03. The van der Waals surface area contributed by atoms with E-state index < -0.39 is 0 Å². The molecule has 1 aliphatic rings. The minimum absolute atomic E-state index is 0.126. The maximum atomic E-state index is 13.6. The Balaban J connectivity index is 2.46. The molecule has 14 heavy (non-hydrogen) atoms. The van der Waals surface area contributed by atoms with Crippen LogP contribution in [0.5, 0.6) is 5.75 Å². The molecule has 0 saturated heterocycles. The Hall–Kier alpha value is -1.05. The molecule has 0 fully saturated rings. The SMILES string of the molecule is Cc1cc(F)c2c(c1)OC(C)C(C)C2. The van der Waals surface area contributed by atoms with Crippen molar-refractivity contribution >= 4 is 0 Å². The highest BCUT2D eigenvalue weighted by Crippen LogP contribution is 2.33. The van der Waals surface area contributed by atoms with Crippen molar-refractivity contribution in [1.29, 1.82) is 0 Å². The van der Waals surface area contributed by atoms with Crippen molar-refractivity contribution in [3.05, 3.63) is 29.1 Å². The molecule has 0 saturated carbocycles. The molecule has 0 aromatic heterocycles. The number of benzene rings is 1. The fourth-order valence-electron chi connectivity index (χ4n) is 1.85. The summed E-state index contributed by atoms with van der Waals surface area (Å²) in [7, 11) is 0. The molecule has 1 nitrogen and oxygen atoms in total.